The van der Waals surface area contributed by atoms with Gasteiger partial charge in [0.15, 0.2) is 0 Å². The quantitative estimate of drug-likeness (QED) is 0.614. The number of fused-ring (bicyclic) bond motifs is 1. The van der Waals surface area contributed by atoms with Crippen LogP contribution in [0.5, 0.6) is 0 Å². The van der Waals surface area contributed by atoms with Crippen molar-refractivity contribution < 1.29 is 0 Å². The summed E-state index contributed by atoms with van der Waals surface area (Å²) < 4.78 is 0. The number of hydrogen-bond donors (Lipinski definition) is 2. The minimum atomic E-state index is 0.697. The molecule has 0 saturated carbocycles. The number of nitrogens with one attached hydrogen (secondary N) is 1. The maximum atomic E-state index is 5.33. The lowest BCUT2D eigenvalue weighted by Crippen LogP contribution is -2.36. The maximum absolute atomic E-state index is 5.33. The monoisotopic (exact) mass is 268 g/mol. The first-order valence-electron chi connectivity index (χ1n) is 6.60. The van der Waals surface area contributed by atoms with Gasteiger partial charge in [0.25, 0.3) is 0 Å². The summed E-state index contributed by atoms with van der Waals surface area (Å²) in [6.45, 7) is 5.79. The third kappa shape index (κ3) is 2.64. The van der Waals surface area contributed by atoms with Crippen LogP contribution in [-0.4, -0.2) is 52.2 Å². The Morgan fingerprint density at radius 1 is 1.28 bits per heavy atom. The topological polar surface area (TPSA) is 70.3 Å². The molecule has 1 unspecified atom stereocenters. The van der Waals surface area contributed by atoms with Crippen LogP contribution in [0.15, 0.2) is 0 Å². The lowest BCUT2D eigenvalue weighted by Gasteiger charge is -2.24. The lowest BCUT2D eigenvalue weighted by atomic mass is 10.2. The zero-order valence-electron chi connectivity index (χ0n) is 10.5. The molecule has 2 aliphatic rings. The minimum absolute atomic E-state index is 0.697. The molecule has 3 N–H and O–H groups in total. The Morgan fingerprint density at radius 3 is 3.00 bits per heavy atom. The van der Waals surface area contributed by atoms with E-state index in [1.54, 1.807) is 11.3 Å². The van der Waals surface area contributed by atoms with Gasteiger partial charge in [-0.05, 0) is 38.9 Å². The average Bonchev–Trinajstić information content (AvgIpc) is 2.96. The number of anilines is 1. The van der Waals surface area contributed by atoms with Crippen molar-refractivity contribution >= 4 is 16.5 Å². The first-order valence-corrected chi connectivity index (χ1v) is 7.42. The molecule has 2 saturated heterocycles. The SMILES string of the molecule is NNc1nnc(CN2CCCN3CCCC3C2)s1. The van der Waals surface area contributed by atoms with Gasteiger partial charge in [-0.3, -0.25) is 15.2 Å². The number of hydrazine groups is 1. The van der Waals surface area contributed by atoms with E-state index in [0.717, 1.165) is 24.1 Å². The second kappa shape index (κ2) is 5.48. The second-order valence-corrected chi connectivity index (χ2v) is 6.13. The molecule has 2 aliphatic heterocycles. The van der Waals surface area contributed by atoms with E-state index in [1.807, 2.05) is 0 Å². The number of rotatable bonds is 3. The Hall–Kier alpha value is -0.760. The van der Waals surface area contributed by atoms with E-state index in [-0.39, 0.29) is 0 Å². The molecule has 1 aromatic rings. The minimum Gasteiger partial charge on any atom is -0.299 e. The number of nitrogens with two attached hydrogens (primary N) is 1. The Labute approximate surface area is 111 Å². The summed E-state index contributed by atoms with van der Waals surface area (Å²) >= 11 is 1.54. The van der Waals surface area contributed by atoms with Gasteiger partial charge in [0.2, 0.25) is 5.13 Å². The van der Waals surface area contributed by atoms with Gasteiger partial charge >= 0.3 is 0 Å². The maximum Gasteiger partial charge on any atom is 0.219 e. The van der Waals surface area contributed by atoms with Crippen LogP contribution >= 0.6 is 11.3 Å². The molecule has 3 heterocycles. The van der Waals surface area contributed by atoms with Crippen LogP contribution < -0.4 is 11.3 Å². The van der Waals surface area contributed by atoms with Crippen LogP contribution in [0, 0.1) is 0 Å². The summed E-state index contributed by atoms with van der Waals surface area (Å²) in [5, 5.41) is 9.90. The van der Waals surface area contributed by atoms with Crippen LogP contribution in [-0.2, 0) is 6.54 Å². The van der Waals surface area contributed by atoms with Gasteiger partial charge in [0.05, 0.1) is 6.54 Å². The molecule has 18 heavy (non-hydrogen) atoms. The highest BCUT2D eigenvalue weighted by Crippen LogP contribution is 2.23. The normalized spacial score (nSPS) is 25.9. The fraction of sp³-hybridized carbons (Fsp3) is 0.818. The summed E-state index contributed by atoms with van der Waals surface area (Å²) in [6.07, 6.45) is 3.97. The predicted octanol–water partition coefficient (Wildman–Crippen LogP) is 0.494. The molecule has 2 fully saturated rings. The summed E-state index contributed by atoms with van der Waals surface area (Å²) in [5.74, 6) is 5.33. The third-order valence-corrected chi connectivity index (χ3v) is 4.68. The number of nitrogen functional groups attached to an aromatic ring is 1. The highest BCUT2D eigenvalue weighted by Gasteiger charge is 2.28. The third-order valence-electron chi connectivity index (χ3n) is 3.84. The molecule has 1 atom stereocenters. The molecule has 0 bridgehead atoms. The van der Waals surface area contributed by atoms with E-state index >= 15 is 0 Å². The summed E-state index contributed by atoms with van der Waals surface area (Å²) in [4.78, 5) is 5.16. The molecule has 0 amide bonds. The van der Waals surface area contributed by atoms with Crippen molar-refractivity contribution in [2.75, 3.05) is 31.6 Å². The van der Waals surface area contributed by atoms with Gasteiger partial charge < -0.3 is 0 Å². The van der Waals surface area contributed by atoms with Crippen LogP contribution in [0.3, 0.4) is 0 Å². The molecule has 0 spiro atoms. The van der Waals surface area contributed by atoms with Crippen molar-refractivity contribution in [3.63, 3.8) is 0 Å². The van der Waals surface area contributed by atoms with E-state index in [0.29, 0.717) is 5.13 Å². The Kier molecular flexibility index (Phi) is 3.74. The van der Waals surface area contributed by atoms with E-state index < -0.39 is 0 Å². The first-order chi connectivity index (χ1) is 8.85. The zero-order valence-corrected chi connectivity index (χ0v) is 11.3. The van der Waals surface area contributed by atoms with Crippen LogP contribution in [0.4, 0.5) is 5.13 Å². The predicted molar refractivity (Wildman–Crippen MR) is 72.2 cm³/mol. The highest BCUT2D eigenvalue weighted by atomic mass is 32.1. The van der Waals surface area contributed by atoms with Crippen molar-refractivity contribution in [3.05, 3.63) is 5.01 Å². The number of aromatic nitrogens is 2. The lowest BCUT2D eigenvalue weighted by molar-refractivity contribution is 0.215. The first kappa shape index (κ1) is 12.3. The van der Waals surface area contributed by atoms with Crippen molar-refractivity contribution in [1.82, 2.24) is 20.0 Å². The van der Waals surface area contributed by atoms with E-state index in [9.17, 15) is 0 Å². The molecule has 0 aliphatic carbocycles. The average molecular weight is 268 g/mol. The van der Waals surface area contributed by atoms with E-state index in [1.165, 1.54) is 38.9 Å². The van der Waals surface area contributed by atoms with Gasteiger partial charge in [-0.25, -0.2) is 5.84 Å². The highest BCUT2D eigenvalue weighted by molar-refractivity contribution is 7.15. The van der Waals surface area contributed by atoms with Crippen molar-refractivity contribution in [2.24, 2.45) is 5.84 Å². The fourth-order valence-corrected chi connectivity index (χ4v) is 3.69. The Morgan fingerprint density at radius 2 is 2.17 bits per heavy atom. The molecular weight excluding hydrogens is 248 g/mol. The number of nitrogens with zero attached hydrogens (tertiary/aromatic N) is 4. The summed E-state index contributed by atoms with van der Waals surface area (Å²) in [6, 6.07) is 0.757. The van der Waals surface area contributed by atoms with Gasteiger partial charge in [-0.15, -0.1) is 10.2 Å². The van der Waals surface area contributed by atoms with Crippen LogP contribution in [0.2, 0.25) is 0 Å². The Bertz CT molecular complexity index is 395. The fourth-order valence-electron chi connectivity index (χ4n) is 2.99. The standard InChI is InChI=1S/C11H20N6S/c12-13-11-15-14-10(18-11)8-16-4-2-6-17-5-1-3-9(17)7-16/h9H,1-8,12H2,(H,13,15). The molecule has 3 rings (SSSR count). The van der Waals surface area contributed by atoms with Crippen LogP contribution in [0.25, 0.3) is 0 Å². The van der Waals surface area contributed by atoms with Gasteiger partial charge in [0.1, 0.15) is 5.01 Å². The zero-order chi connectivity index (χ0) is 12.4. The molecule has 1 aromatic heterocycles. The van der Waals surface area contributed by atoms with Gasteiger partial charge in [0, 0.05) is 12.6 Å². The molecule has 0 aromatic carbocycles. The van der Waals surface area contributed by atoms with Crippen molar-refractivity contribution in [1.29, 1.82) is 0 Å². The smallest absolute Gasteiger partial charge is 0.219 e. The molecular formula is C11H20N6S. The van der Waals surface area contributed by atoms with Crippen molar-refractivity contribution in [2.45, 2.75) is 31.8 Å². The summed E-state index contributed by atoms with van der Waals surface area (Å²) in [5.41, 5.74) is 2.55. The second-order valence-electron chi connectivity index (χ2n) is 5.07. The molecule has 100 valence electrons. The summed E-state index contributed by atoms with van der Waals surface area (Å²) in [7, 11) is 0. The van der Waals surface area contributed by atoms with E-state index in [2.05, 4.69) is 25.4 Å². The van der Waals surface area contributed by atoms with Crippen LogP contribution in [0.1, 0.15) is 24.3 Å². The molecule has 7 heteroatoms. The van der Waals surface area contributed by atoms with Crippen molar-refractivity contribution in [3.8, 4) is 0 Å². The molecule has 6 nitrogen and oxygen atoms in total. The Balaban J connectivity index is 1.61. The number of hydrogen-bond acceptors (Lipinski definition) is 7. The van der Waals surface area contributed by atoms with Gasteiger partial charge in [-0.2, -0.15) is 0 Å². The molecule has 0 radical (unpaired) electrons. The van der Waals surface area contributed by atoms with Gasteiger partial charge in [-0.1, -0.05) is 11.3 Å². The largest absolute Gasteiger partial charge is 0.299 e. The van der Waals surface area contributed by atoms with E-state index in [4.69, 9.17) is 5.84 Å².